The summed E-state index contributed by atoms with van der Waals surface area (Å²) in [6.07, 6.45) is 0.690. The van der Waals surface area contributed by atoms with Crippen LogP contribution in [0.15, 0.2) is 0 Å². The van der Waals surface area contributed by atoms with Crippen LogP contribution in [0.4, 0.5) is 0 Å². The molecule has 6 nitrogen and oxygen atoms in total. The lowest BCUT2D eigenvalue weighted by atomic mass is 10.3. The van der Waals surface area contributed by atoms with E-state index in [1.54, 1.807) is 7.11 Å². The first-order valence-electron chi connectivity index (χ1n) is 5.25. The summed E-state index contributed by atoms with van der Waals surface area (Å²) in [4.78, 5) is 11.2. The molecule has 17 heavy (non-hydrogen) atoms. The summed E-state index contributed by atoms with van der Waals surface area (Å²) in [5.41, 5.74) is 6.59. The second kappa shape index (κ2) is 6.31. The molecule has 0 saturated heterocycles. The highest BCUT2D eigenvalue weighted by molar-refractivity contribution is 14.1. The van der Waals surface area contributed by atoms with E-state index in [-0.39, 0.29) is 18.3 Å². The molecular weight excluding hydrogens is 337 g/mol. The minimum Gasteiger partial charge on any atom is -0.476 e. The molecule has 0 amide bonds. The molecule has 1 rings (SSSR count). The maximum absolute atomic E-state index is 11.2. The molecular formula is C10H16IN3O3. The molecule has 1 aromatic rings. The molecule has 0 aliphatic heterocycles. The van der Waals surface area contributed by atoms with Crippen LogP contribution in [-0.4, -0.2) is 41.1 Å². The number of aromatic carboxylic acids is 1. The van der Waals surface area contributed by atoms with Gasteiger partial charge in [0.25, 0.3) is 0 Å². The molecule has 3 N–H and O–H groups in total. The van der Waals surface area contributed by atoms with E-state index >= 15 is 0 Å². The van der Waals surface area contributed by atoms with Crippen molar-refractivity contribution in [2.45, 2.75) is 19.4 Å². The molecule has 96 valence electrons. The first kappa shape index (κ1) is 14.4. The number of hydrogen-bond donors (Lipinski definition) is 2. The fraction of sp³-hybridized carbons (Fsp3) is 0.600. The smallest absolute Gasteiger partial charge is 0.355 e. The van der Waals surface area contributed by atoms with Crippen molar-refractivity contribution >= 4 is 28.6 Å². The average Bonchev–Trinajstić information content (AvgIpc) is 2.63. The predicted octanol–water partition coefficient (Wildman–Crippen LogP) is 0.894. The Morgan fingerprint density at radius 3 is 2.76 bits per heavy atom. The number of nitrogens with two attached hydrogens (primary N) is 1. The summed E-state index contributed by atoms with van der Waals surface area (Å²) in [6, 6.07) is -0.250. The van der Waals surface area contributed by atoms with E-state index in [1.165, 1.54) is 4.68 Å². The highest BCUT2D eigenvalue weighted by atomic mass is 127. The van der Waals surface area contributed by atoms with E-state index in [4.69, 9.17) is 10.5 Å². The third kappa shape index (κ3) is 2.96. The lowest BCUT2D eigenvalue weighted by Gasteiger charge is -2.15. The van der Waals surface area contributed by atoms with Gasteiger partial charge in [0.15, 0.2) is 5.69 Å². The van der Waals surface area contributed by atoms with E-state index in [0.29, 0.717) is 16.6 Å². The highest BCUT2D eigenvalue weighted by Crippen LogP contribution is 2.21. The normalized spacial score (nSPS) is 12.7. The van der Waals surface area contributed by atoms with Crippen LogP contribution in [0.3, 0.4) is 0 Å². The van der Waals surface area contributed by atoms with E-state index < -0.39 is 5.97 Å². The highest BCUT2D eigenvalue weighted by Gasteiger charge is 2.24. The van der Waals surface area contributed by atoms with Gasteiger partial charge in [0.1, 0.15) is 0 Å². The minimum atomic E-state index is -0.990. The van der Waals surface area contributed by atoms with Crippen LogP contribution in [0, 0.1) is 3.57 Å². The van der Waals surface area contributed by atoms with Gasteiger partial charge in [0.2, 0.25) is 0 Å². The van der Waals surface area contributed by atoms with E-state index in [1.807, 2.05) is 29.5 Å². The average molecular weight is 353 g/mol. The standard InChI is InChI=1S/C10H16IN3O3/c1-3-7-8(11)9(10(15)16)14(13-7)6(4-12)5-17-2/h6H,3-5,12H2,1-2H3,(H,15,16). The molecule has 0 bridgehead atoms. The Kier molecular flexibility index (Phi) is 5.34. The zero-order valence-electron chi connectivity index (χ0n) is 9.81. The maximum atomic E-state index is 11.2. The molecule has 0 aliphatic rings. The number of hydrogen-bond acceptors (Lipinski definition) is 4. The topological polar surface area (TPSA) is 90.4 Å². The van der Waals surface area contributed by atoms with Gasteiger partial charge in [-0.2, -0.15) is 5.10 Å². The van der Waals surface area contributed by atoms with Gasteiger partial charge in [0, 0.05) is 13.7 Å². The second-order valence-corrected chi connectivity index (χ2v) is 4.64. The van der Waals surface area contributed by atoms with Gasteiger partial charge in [0.05, 0.1) is 21.9 Å². The molecule has 1 heterocycles. The zero-order chi connectivity index (χ0) is 13.0. The fourth-order valence-electron chi connectivity index (χ4n) is 1.57. The van der Waals surface area contributed by atoms with Gasteiger partial charge >= 0.3 is 5.97 Å². The summed E-state index contributed by atoms with van der Waals surface area (Å²) >= 11 is 2.01. The Balaban J connectivity index is 3.25. The zero-order valence-corrected chi connectivity index (χ0v) is 12.0. The number of halogens is 1. The van der Waals surface area contributed by atoms with Crippen molar-refractivity contribution in [3.05, 3.63) is 15.0 Å². The third-order valence-corrected chi connectivity index (χ3v) is 3.57. The number of methoxy groups -OCH3 is 1. The summed E-state index contributed by atoms with van der Waals surface area (Å²) < 4.78 is 7.17. The van der Waals surface area contributed by atoms with Crippen molar-refractivity contribution in [2.75, 3.05) is 20.3 Å². The summed E-state index contributed by atoms with van der Waals surface area (Å²) in [5, 5.41) is 13.5. The Morgan fingerprint density at radius 2 is 2.35 bits per heavy atom. The first-order valence-corrected chi connectivity index (χ1v) is 6.33. The Labute approximate surface area is 113 Å². The lowest BCUT2D eigenvalue weighted by molar-refractivity contribution is 0.0672. The quantitative estimate of drug-likeness (QED) is 0.742. The van der Waals surface area contributed by atoms with Crippen LogP contribution in [0.1, 0.15) is 29.1 Å². The van der Waals surface area contributed by atoms with Crippen molar-refractivity contribution in [2.24, 2.45) is 5.73 Å². The van der Waals surface area contributed by atoms with Crippen molar-refractivity contribution in [3.8, 4) is 0 Å². The lowest BCUT2D eigenvalue weighted by Crippen LogP contribution is -2.27. The summed E-state index contributed by atoms with van der Waals surface area (Å²) in [7, 11) is 1.55. The Hall–Kier alpha value is -0.670. The molecule has 1 aromatic heterocycles. The van der Waals surface area contributed by atoms with Crippen molar-refractivity contribution in [1.82, 2.24) is 9.78 Å². The second-order valence-electron chi connectivity index (χ2n) is 3.56. The Bertz CT molecular complexity index is 406. The predicted molar refractivity (Wildman–Crippen MR) is 71.2 cm³/mol. The molecule has 0 saturated carbocycles. The molecule has 7 heteroatoms. The summed E-state index contributed by atoms with van der Waals surface area (Å²) in [6.45, 7) is 2.57. The van der Waals surface area contributed by atoms with Crippen LogP contribution < -0.4 is 5.73 Å². The monoisotopic (exact) mass is 353 g/mol. The number of aromatic nitrogens is 2. The van der Waals surface area contributed by atoms with Crippen LogP contribution in [0.2, 0.25) is 0 Å². The van der Waals surface area contributed by atoms with E-state index in [9.17, 15) is 9.90 Å². The molecule has 0 aromatic carbocycles. The number of aryl methyl sites for hydroxylation is 1. The van der Waals surface area contributed by atoms with Crippen LogP contribution in [0.5, 0.6) is 0 Å². The first-order chi connectivity index (χ1) is 8.06. The van der Waals surface area contributed by atoms with Gasteiger partial charge in [-0.15, -0.1) is 0 Å². The molecule has 0 aliphatic carbocycles. The molecule has 1 unspecified atom stereocenters. The van der Waals surface area contributed by atoms with Crippen LogP contribution in [-0.2, 0) is 11.2 Å². The number of carboxylic acids is 1. The van der Waals surface area contributed by atoms with Gasteiger partial charge in [-0.3, -0.25) is 4.68 Å². The van der Waals surface area contributed by atoms with Crippen LogP contribution >= 0.6 is 22.6 Å². The molecule has 1 atom stereocenters. The van der Waals surface area contributed by atoms with Gasteiger partial charge < -0.3 is 15.6 Å². The fourth-order valence-corrected chi connectivity index (χ4v) is 2.54. The molecule has 0 spiro atoms. The Morgan fingerprint density at radius 1 is 1.71 bits per heavy atom. The molecule has 0 radical (unpaired) electrons. The van der Waals surface area contributed by atoms with Gasteiger partial charge in [-0.1, -0.05) is 6.92 Å². The maximum Gasteiger partial charge on any atom is 0.355 e. The van der Waals surface area contributed by atoms with Crippen molar-refractivity contribution < 1.29 is 14.6 Å². The molecule has 0 fully saturated rings. The summed E-state index contributed by atoms with van der Waals surface area (Å²) in [5.74, 6) is -0.990. The van der Waals surface area contributed by atoms with Gasteiger partial charge in [-0.25, -0.2) is 4.79 Å². The number of carboxylic acid groups (broad SMARTS) is 1. The minimum absolute atomic E-state index is 0.190. The van der Waals surface area contributed by atoms with Crippen molar-refractivity contribution in [1.29, 1.82) is 0 Å². The third-order valence-electron chi connectivity index (χ3n) is 2.43. The number of rotatable bonds is 6. The SMILES string of the molecule is CCc1nn(C(CN)COC)c(C(=O)O)c1I. The largest absolute Gasteiger partial charge is 0.476 e. The number of ether oxygens (including phenoxy) is 1. The van der Waals surface area contributed by atoms with E-state index in [2.05, 4.69) is 5.10 Å². The van der Waals surface area contributed by atoms with Crippen LogP contribution in [0.25, 0.3) is 0 Å². The van der Waals surface area contributed by atoms with Gasteiger partial charge in [-0.05, 0) is 29.0 Å². The number of carbonyl (C=O) groups is 1. The van der Waals surface area contributed by atoms with Crippen molar-refractivity contribution in [3.63, 3.8) is 0 Å². The van der Waals surface area contributed by atoms with E-state index in [0.717, 1.165) is 5.69 Å². The number of nitrogens with zero attached hydrogens (tertiary/aromatic N) is 2.